The van der Waals surface area contributed by atoms with E-state index in [1.165, 1.54) is 12.1 Å². The number of nitrogens with zero attached hydrogens (tertiary/aromatic N) is 1. The summed E-state index contributed by atoms with van der Waals surface area (Å²) >= 11 is 0. The van der Waals surface area contributed by atoms with Crippen LogP contribution in [0.3, 0.4) is 0 Å². The first kappa shape index (κ1) is 12.6. The molecule has 0 bridgehead atoms. The fourth-order valence-corrected chi connectivity index (χ4v) is 1.61. The summed E-state index contributed by atoms with van der Waals surface area (Å²) in [7, 11) is 0. The highest BCUT2D eigenvalue weighted by Crippen LogP contribution is 2.20. The predicted molar refractivity (Wildman–Crippen MR) is 59.2 cm³/mol. The molecule has 1 atom stereocenters. The Bertz CT molecular complexity index is 522. The second-order valence-electron chi connectivity index (χ2n) is 3.82. The van der Waals surface area contributed by atoms with E-state index in [2.05, 4.69) is 4.98 Å². The zero-order valence-electron chi connectivity index (χ0n) is 9.28. The summed E-state index contributed by atoms with van der Waals surface area (Å²) in [6.07, 6.45) is -0.495. The molecule has 2 rings (SSSR count). The Labute approximate surface area is 102 Å². The average molecular weight is 253 g/mol. The third-order valence-corrected chi connectivity index (χ3v) is 2.55. The molecule has 0 radical (unpaired) electrons. The van der Waals surface area contributed by atoms with Crippen LogP contribution in [0, 0.1) is 17.5 Å². The maximum Gasteiger partial charge on any atom is 0.141 e. The van der Waals surface area contributed by atoms with Crippen LogP contribution in [0.15, 0.2) is 36.5 Å². The van der Waals surface area contributed by atoms with E-state index in [1.54, 1.807) is 0 Å². The molecular formula is C13H10F3NO. The van der Waals surface area contributed by atoms with Crippen molar-refractivity contribution in [3.8, 4) is 0 Å². The van der Waals surface area contributed by atoms with Crippen molar-refractivity contribution in [2.45, 2.75) is 12.5 Å². The van der Waals surface area contributed by atoms with Crippen molar-refractivity contribution in [1.82, 2.24) is 4.98 Å². The van der Waals surface area contributed by atoms with E-state index in [0.29, 0.717) is 0 Å². The van der Waals surface area contributed by atoms with Crippen molar-refractivity contribution in [2.24, 2.45) is 0 Å². The molecule has 2 nitrogen and oxygen atoms in total. The largest absolute Gasteiger partial charge is 0.386 e. The summed E-state index contributed by atoms with van der Waals surface area (Å²) in [6.45, 7) is 0. The minimum Gasteiger partial charge on any atom is -0.386 e. The van der Waals surface area contributed by atoms with Crippen LogP contribution < -0.4 is 0 Å². The number of benzene rings is 1. The van der Waals surface area contributed by atoms with E-state index in [0.717, 1.165) is 24.4 Å². The molecular weight excluding hydrogens is 243 g/mol. The summed E-state index contributed by atoms with van der Waals surface area (Å²) in [5.41, 5.74) is -0.0461. The van der Waals surface area contributed by atoms with Crippen LogP contribution in [0.25, 0.3) is 0 Å². The van der Waals surface area contributed by atoms with E-state index in [4.69, 9.17) is 0 Å². The first-order valence-electron chi connectivity index (χ1n) is 5.30. The summed E-state index contributed by atoms with van der Waals surface area (Å²) in [6, 6.07) is 5.88. The molecule has 5 heteroatoms. The van der Waals surface area contributed by atoms with Gasteiger partial charge in [-0.1, -0.05) is 6.07 Å². The van der Waals surface area contributed by atoms with Gasteiger partial charge in [0.2, 0.25) is 0 Å². The van der Waals surface area contributed by atoms with Crippen LogP contribution in [0.1, 0.15) is 17.4 Å². The molecule has 1 aromatic carbocycles. The Morgan fingerprint density at radius 3 is 2.28 bits per heavy atom. The smallest absolute Gasteiger partial charge is 0.141 e. The van der Waals surface area contributed by atoms with Crippen LogP contribution in [0.2, 0.25) is 0 Å². The topological polar surface area (TPSA) is 33.1 Å². The van der Waals surface area contributed by atoms with E-state index in [9.17, 15) is 18.3 Å². The lowest BCUT2D eigenvalue weighted by molar-refractivity contribution is 0.170. The number of halogens is 3. The Hall–Kier alpha value is -1.88. The molecule has 0 saturated heterocycles. The molecule has 0 aliphatic carbocycles. The molecule has 1 N–H and O–H groups in total. The third kappa shape index (κ3) is 2.68. The molecule has 0 saturated carbocycles. The molecule has 0 spiro atoms. The number of aliphatic hydroxyl groups excluding tert-OH is 1. The van der Waals surface area contributed by atoms with Gasteiger partial charge in [0, 0.05) is 12.0 Å². The van der Waals surface area contributed by atoms with Crippen LogP contribution in [0.4, 0.5) is 13.2 Å². The second kappa shape index (κ2) is 5.18. The molecule has 0 amide bonds. The van der Waals surface area contributed by atoms with Crippen molar-refractivity contribution in [3.63, 3.8) is 0 Å². The van der Waals surface area contributed by atoms with Gasteiger partial charge >= 0.3 is 0 Å². The fraction of sp³-hybridized carbons (Fsp3) is 0.154. The normalized spacial score (nSPS) is 12.4. The van der Waals surface area contributed by atoms with Gasteiger partial charge in [-0.15, -0.1) is 0 Å². The average Bonchev–Trinajstić information content (AvgIpc) is 2.34. The van der Waals surface area contributed by atoms with Crippen molar-refractivity contribution >= 4 is 0 Å². The van der Waals surface area contributed by atoms with Gasteiger partial charge in [0.15, 0.2) is 0 Å². The van der Waals surface area contributed by atoms with Gasteiger partial charge in [-0.05, 0) is 24.3 Å². The SMILES string of the molecule is OC(Cc1c(F)cccc1F)c1ccc(F)cn1. The Morgan fingerprint density at radius 2 is 1.72 bits per heavy atom. The minimum absolute atomic E-state index is 0.166. The monoisotopic (exact) mass is 253 g/mol. The molecule has 1 unspecified atom stereocenters. The second-order valence-corrected chi connectivity index (χ2v) is 3.82. The number of pyridine rings is 1. The van der Waals surface area contributed by atoms with Crippen molar-refractivity contribution in [2.75, 3.05) is 0 Å². The molecule has 0 aliphatic rings. The lowest BCUT2D eigenvalue weighted by Crippen LogP contribution is -2.07. The zero-order chi connectivity index (χ0) is 13.1. The van der Waals surface area contributed by atoms with Gasteiger partial charge in [0.05, 0.1) is 11.9 Å². The molecule has 0 aliphatic heterocycles. The summed E-state index contributed by atoms with van der Waals surface area (Å²) in [5.74, 6) is -1.99. The Balaban J connectivity index is 2.21. The van der Waals surface area contributed by atoms with Gasteiger partial charge in [-0.2, -0.15) is 0 Å². The van der Waals surface area contributed by atoms with E-state index < -0.39 is 23.6 Å². The van der Waals surface area contributed by atoms with Crippen molar-refractivity contribution < 1.29 is 18.3 Å². The number of hydrogen-bond donors (Lipinski definition) is 1. The highest BCUT2D eigenvalue weighted by Gasteiger charge is 2.16. The van der Waals surface area contributed by atoms with Crippen molar-refractivity contribution in [3.05, 3.63) is 65.2 Å². The number of rotatable bonds is 3. The first-order valence-corrected chi connectivity index (χ1v) is 5.30. The fourth-order valence-electron chi connectivity index (χ4n) is 1.61. The van der Waals surface area contributed by atoms with E-state index in [-0.39, 0.29) is 17.7 Å². The quantitative estimate of drug-likeness (QED) is 0.912. The van der Waals surface area contributed by atoms with Crippen LogP contribution in [-0.2, 0) is 6.42 Å². The first-order chi connectivity index (χ1) is 8.58. The highest BCUT2D eigenvalue weighted by molar-refractivity contribution is 5.22. The summed E-state index contributed by atoms with van der Waals surface area (Å²) in [5, 5.41) is 9.80. The number of aliphatic hydroxyl groups is 1. The van der Waals surface area contributed by atoms with Gasteiger partial charge < -0.3 is 5.11 Å². The molecule has 2 aromatic rings. The predicted octanol–water partition coefficient (Wildman–Crippen LogP) is 2.78. The highest BCUT2D eigenvalue weighted by atomic mass is 19.1. The molecule has 1 heterocycles. The summed E-state index contributed by atoms with van der Waals surface area (Å²) in [4.78, 5) is 3.66. The van der Waals surface area contributed by atoms with Crippen LogP contribution >= 0.6 is 0 Å². The lowest BCUT2D eigenvalue weighted by Gasteiger charge is -2.11. The maximum absolute atomic E-state index is 13.4. The van der Waals surface area contributed by atoms with E-state index in [1.807, 2.05) is 0 Å². The molecule has 0 fully saturated rings. The summed E-state index contributed by atoms with van der Waals surface area (Å²) < 4.78 is 39.4. The van der Waals surface area contributed by atoms with Gasteiger partial charge in [-0.25, -0.2) is 13.2 Å². The van der Waals surface area contributed by atoms with Crippen molar-refractivity contribution in [1.29, 1.82) is 0 Å². The van der Waals surface area contributed by atoms with Gasteiger partial charge in [-0.3, -0.25) is 4.98 Å². The molecule has 94 valence electrons. The van der Waals surface area contributed by atoms with E-state index >= 15 is 0 Å². The number of aromatic nitrogens is 1. The molecule has 18 heavy (non-hydrogen) atoms. The standard InChI is InChI=1S/C13H10F3NO/c14-8-4-5-12(17-7-8)13(18)6-9-10(15)2-1-3-11(9)16/h1-5,7,13,18H,6H2. The maximum atomic E-state index is 13.4. The zero-order valence-corrected chi connectivity index (χ0v) is 9.28. The Kier molecular flexibility index (Phi) is 3.62. The van der Waals surface area contributed by atoms with Gasteiger partial charge in [0.25, 0.3) is 0 Å². The third-order valence-electron chi connectivity index (χ3n) is 2.55. The van der Waals surface area contributed by atoms with Crippen LogP contribution in [-0.4, -0.2) is 10.1 Å². The van der Waals surface area contributed by atoms with Crippen LogP contribution in [0.5, 0.6) is 0 Å². The lowest BCUT2D eigenvalue weighted by atomic mass is 10.0. The minimum atomic E-state index is -1.18. The number of hydrogen-bond acceptors (Lipinski definition) is 2. The molecule has 1 aromatic heterocycles. The Morgan fingerprint density at radius 1 is 1.06 bits per heavy atom. The van der Waals surface area contributed by atoms with Gasteiger partial charge in [0.1, 0.15) is 23.6 Å².